The summed E-state index contributed by atoms with van der Waals surface area (Å²) in [5.74, 6) is -1.18. The molecular weight excluding hydrogens is 406 g/mol. The van der Waals surface area contributed by atoms with E-state index >= 15 is 0 Å². The second-order valence-corrected chi connectivity index (χ2v) is 7.57. The maximum atomic E-state index is 12.5. The lowest BCUT2D eigenvalue weighted by Gasteiger charge is -2.05. The van der Waals surface area contributed by atoms with Gasteiger partial charge in [0, 0.05) is 10.9 Å². The lowest BCUT2D eigenvalue weighted by molar-refractivity contribution is 0.0833. The van der Waals surface area contributed by atoms with Crippen LogP contribution in [0.1, 0.15) is 41.9 Å². The van der Waals surface area contributed by atoms with Crippen LogP contribution in [-0.2, 0) is 0 Å². The summed E-state index contributed by atoms with van der Waals surface area (Å²) in [6, 6.07) is 12.1. The first-order valence-corrected chi connectivity index (χ1v) is 9.80. The largest absolute Gasteiger partial charge is 0.459 e. The molecule has 0 saturated carbocycles. The van der Waals surface area contributed by atoms with E-state index in [1.807, 2.05) is 18.2 Å². The predicted octanol–water partition coefficient (Wildman–Crippen LogP) is 4.03. The van der Waals surface area contributed by atoms with Gasteiger partial charge in [-0.3, -0.25) is 25.2 Å². The molecule has 0 aliphatic carbocycles. The number of carbonyl (C=O) groups is 3. The summed E-state index contributed by atoms with van der Waals surface area (Å²) in [6.45, 7) is 3.51. The van der Waals surface area contributed by atoms with Crippen molar-refractivity contribution in [3.63, 3.8) is 0 Å². The van der Waals surface area contributed by atoms with Crippen LogP contribution in [0.3, 0.4) is 0 Å². The third-order valence-electron chi connectivity index (χ3n) is 4.45. The Hall–Kier alpha value is -3.85. The SMILES string of the molecule is Cc1cc(NC(=O)c2ccco2)sc1C(=O)NNC(=O)c1oc2ccccc2c1C. The molecule has 3 heterocycles. The number of aryl methyl sites for hydroxylation is 2. The molecule has 8 nitrogen and oxygen atoms in total. The number of benzene rings is 1. The van der Waals surface area contributed by atoms with Crippen LogP contribution in [0.15, 0.2) is 57.6 Å². The summed E-state index contributed by atoms with van der Waals surface area (Å²) < 4.78 is 10.6. The van der Waals surface area contributed by atoms with Crippen LogP contribution in [0.4, 0.5) is 5.00 Å². The molecule has 0 bridgehead atoms. The molecule has 30 heavy (non-hydrogen) atoms. The van der Waals surface area contributed by atoms with Gasteiger partial charge in [-0.15, -0.1) is 11.3 Å². The minimum Gasteiger partial charge on any atom is -0.459 e. The zero-order chi connectivity index (χ0) is 21.3. The van der Waals surface area contributed by atoms with E-state index in [4.69, 9.17) is 8.83 Å². The standard InChI is InChI=1S/C21H17N3O5S/c1-11-10-16(22-19(25)15-8-5-9-28-15)30-18(11)21(27)24-23-20(26)17-12(2)13-6-3-4-7-14(13)29-17/h3-10H,1-2H3,(H,22,25)(H,23,26)(H,24,27). The van der Waals surface area contributed by atoms with Crippen LogP contribution in [0.25, 0.3) is 11.0 Å². The van der Waals surface area contributed by atoms with Gasteiger partial charge in [0.2, 0.25) is 0 Å². The van der Waals surface area contributed by atoms with Gasteiger partial charge in [-0.05, 0) is 43.7 Å². The molecule has 0 atom stereocenters. The number of thiophene rings is 1. The van der Waals surface area contributed by atoms with Crippen molar-refractivity contribution in [2.24, 2.45) is 0 Å². The molecular formula is C21H17N3O5S. The van der Waals surface area contributed by atoms with Crippen molar-refractivity contribution in [2.75, 3.05) is 5.32 Å². The molecule has 3 N–H and O–H groups in total. The number of rotatable bonds is 4. The van der Waals surface area contributed by atoms with E-state index in [0.29, 0.717) is 26.6 Å². The zero-order valence-electron chi connectivity index (χ0n) is 16.1. The molecule has 0 aliphatic heterocycles. The Morgan fingerprint density at radius 2 is 1.70 bits per heavy atom. The highest BCUT2D eigenvalue weighted by Gasteiger charge is 2.20. The Kier molecular flexibility index (Phi) is 5.11. The summed E-state index contributed by atoms with van der Waals surface area (Å²) in [5, 5.41) is 4.00. The number of furan rings is 2. The highest BCUT2D eigenvalue weighted by atomic mass is 32.1. The monoisotopic (exact) mass is 423 g/mol. The minimum atomic E-state index is -0.558. The number of hydrazine groups is 1. The molecule has 4 aromatic rings. The number of carbonyl (C=O) groups excluding carboxylic acids is 3. The molecule has 0 saturated heterocycles. The van der Waals surface area contributed by atoms with E-state index in [9.17, 15) is 14.4 Å². The molecule has 0 fully saturated rings. The van der Waals surface area contributed by atoms with E-state index in [-0.39, 0.29) is 11.5 Å². The van der Waals surface area contributed by atoms with Crippen molar-refractivity contribution in [2.45, 2.75) is 13.8 Å². The highest BCUT2D eigenvalue weighted by Crippen LogP contribution is 2.27. The maximum absolute atomic E-state index is 12.5. The van der Waals surface area contributed by atoms with Crippen molar-refractivity contribution in [3.8, 4) is 0 Å². The molecule has 4 rings (SSSR count). The number of hydrogen-bond donors (Lipinski definition) is 3. The molecule has 0 unspecified atom stereocenters. The molecule has 9 heteroatoms. The molecule has 0 aliphatic rings. The van der Waals surface area contributed by atoms with Crippen molar-refractivity contribution in [3.05, 3.63) is 76.3 Å². The summed E-state index contributed by atoms with van der Waals surface area (Å²) in [6.07, 6.45) is 1.40. The predicted molar refractivity (Wildman–Crippen MR) is 112 cm³/mol. The minimum absolute atomic E-state index is 0.130. The van der Waals surface area contributed by atoms with Gasteiger partial charge in [0.25, 0.3) is 11.8 Å². The zero-order valence-corrected chi connectivity index (χ0v) is 16.9. The topological polar surface area (TPSA) is 114 Å². The average molecular weight is 423 g/mol. The Balaban J connectivity index is 1.42. The van der Waals surface area contributed by atoms with Gasteiger partial charge in [0.15, 0.2) is 11.5 Å². The summed E-state index contributed by atoms with van der Waals surface area (Å²) in [4.78, 5) is 37.4. The normalized spacial score (nSPS) is 10.7. The van der Waals surface area contributed by atoms with Gasteiger partial charge in [-0.1, -0.05) is 18.2 Å². The first-order chi connectivity index (χ1) is 14.4. The quantitative estimate of drug-likeness (QED) is 0.429. The van der Waals surface area contributed by atoms with Crippen molar-refractivity contribution >= 4 is 45.0 Å². The van der Waals surface area contributed by atoms with Gasteiger partial charge in [0.1, 0.15) is 5.58 Å². The lowest BCUT2D eigenvalue weighted by Crippen LogP contribution is -2.41. The molecule has 152 valence electrons. The smallest absolute Gasteiger partial charge is 0.305 e. The van der Waals surface area contributed by atoms with Crippen molar-refractivity contribution in [1.29, 1.82) is 0 Å². The van der Waals surface area contributed by atoms with Crippen molar-refractivity contribution < 1.29 is 23.2 Å². The number of anilines is 1. The fourth-order valence-electron chi connectivity index (χ4n) is 2.97. The van der Waals surface area contributed by atoms with Crippen LogP contribution in [0.2, 0.25) is 0 Å². The first-order valence-electron chi connectivity index (χ1n) is 8.98. The van der Waals surface area contributed by atoms with Gasteiger partial charge < -0.3 is 14.2 Å². The molecule has 3 aromatic heterocycles. The number of nitrogens with one attached hydrogen (secondary N) is 3. The fraction of sp³-hybridized carbons (Fsp3) is 0.0952. The van der Waals surface area contributed by atoms with Crippen LogP contribution in [-0.4, -0.2) is 17.7 Å². The average Bonchev–Trinajstić information content (AvgIpc) is 3.46. The second kappa shape index (κ2) is 7.88. The molecule has 1 aromatic carbocycles. The lowest BCUT2D eigenvalue weighted by atomic mass is 10.1. The van der Waals surface area contributed by atoms with Gasteiger partial charge in [-0.25, -0.2) is 0 Å². The van der Waals surface area contributed by atoms with E-state index in [2.05, 4.69) is 16.2 Å². The second-order valence-electron chi connectivity index (χ2n) is 6.51. The Morgan fingerprint density at radius 1 is 0.933 bits per heavy atom. The van der Waals surface area contributed by atoms with Gasteiger partial charge in [-0.2, -0.15) is 0 Å². The van der Waals surface area contributed by atoms with Crippen LogP contribution >= 0.6 is 11.3 Å². The third-order valence-corrected chi connectivity index (χ3v) is 5.60. The summed E-state index contributed by atoms with van der Waals surface area (Å²) in [7, 11) is 0. The summed E-state index contributed by atoms with van der Waals surface area (Å²) >= 11 is 1.09. The molecule has 0 spiro atoms. The maximum Gasteiger partial charge on any atom is 0.305 e. The number of hydrogen-bond acceptors (Lipinski definition) is 6. The Labute approximate surface area is 174 Å². The number of para-hydroxylation sites is 1. The van der Waals surface area contributed by atoms with E-state index in [1.165, 1.54) is 6.26 Å². The molecule has 0 radical (unpaired) electrons. The molecule has 3 amide bonds. The van der Waals surface area contributed by atoms with E-state index < -0.39 is 17.7 Å². The van der Waals surface area contributed by atoms with E-state index in [1.54, 1.807) is 38.1 Å². The Bertz CT molecular complexity index is 1250. The van der Waals surface area contributed by atoms with Crippen LogP contribution in [0.5, 0.6) is 0 Å². The summed E-state index contributed by atoms with van der Waals surface area (Å²) in [5.41, 5.74) is 6.69. The van der Waals surface area contributed by atoms with Gasteiger partial charge in [0.05, 0.1) is 16.1 Å². The highest BCUT2D eigenvalue weighted by molar-refractivity contribution is 7.18. The third kappa shape index (κ3) is 3.70. The van der Waals surface area contributed by atoms with E-state index in [0.717, 1.165) is 16.7 Å². The van der Waals surface area contributed by atoms with Crippen LogP contribution in [0, 0.1) is 13.8 Å². The first kappa shape index (κ1) is 19.5. The van der Waals surface area contributed by atoms with Crippen molar-refractivity contribution in [1.82, 2.24) is 10.9 Å². The fourth-order valence-corrected chi connectivity index (χ4v) is 3.93. The number of fused-ring (bicyclic) bond motifs is 1. The van der Waals surface area contributed by atoms with Crippen LogP contribution < -0.4 is 16.2 Å². The number of amides is 3. The Morgan fingerprint density at radius 3 is 2.43 bits per heavy atom. The van der Waals surface area contributed by atoms with Gasteiger partial charge >= 0.3 is 5.91 Å².